The number of amides is 2. The van der Waals surface area contributed by atoms with Crippen LogP contribution in [0.4, 0.5) is 0 Å². The number of carbonyl (C=O) groups is 2. The molecule has 1 aliphatic carbocycles. The SMILES string of the molecule is CC(NC(=O)CN1CCC(C(=O)N2CCCC2)CC1)C1CC1. The van der Waals surface area contributed by atoms with Gasteiger partial charge in [-0.15, -0.1) is 0 Å². The fourth-order valence-corrected chi connectivity index (χ4v) is 3.75. The van der Waals surface area contributed by atoms with Gasteiger partial charge in [0.15, 0.2) is 0 Å². The summed E-state index contributed by atoms with van der Waals surface area (Å²) in [5.74, 6) is 1.38. The van der Waals surface area contributed by atoms with Gasteiger partial charge in [-0.2, -0.15) is 0 Å². The maximum atomic E-state index is 12.4. The molecule has 1 saturated carbocycles. The molecule has 0 radical (unpaired) electrons. The summed E-state index contributed by atoms with van der Waals surface area (Å²) in [6, 6.07) is 0.321. The molecule has 22 heavy (non-hydrogen) atoms. The first-order chi connectivity index (χ1) is 10.6. The second-order valence-corrected chi connectivity index (χ2v) is 7.28. The first kappa shape index (κ1) is 15.8. The van der Waals surface area contributed by atoms with Crippen LogP contribution in [-0.2, 0) is 9.59 Å². The Labute approximate surface area is 133 Å². The lowest BCUT2D eigenvalue weighted by Crippen LogP contribution is -2.46. The number of nitrogens with one attached hydrogen (secondary N) is 1. The second kappa shape index (κ2) is 6.99. The van der Waals surface area contributed by atoms with Gasteiger partial charge < -0.3 is 10.2 Å². The summed E-state index contributed by atoms with van der Waals surface area (Å²) < 4.78 is 0. The minimum absolute atomic E-state index is 0.142. The Kier molecular flexibility index (Phi) is 5.01. The van der Waals surface area contributed by atoms with Crippen molar-refractivity contribution < 1.29 is 9.59 Å². The van der Waals surface area contributed by atoms with Gasteiger partial charge in [0, 0.05) is 25.0 Å². The zero-order chi connectivity index (χ0) is 15.5. The summed E-state index contributed by atoms with van der Waals surface area (Å²) in [6.07, 6.45) is 6.63. The molecule has 0 aromatic rings. The molecule has 1 unspecified atom stereocenters. The third-order valence-electron chi connectivity index (χ3n) is 5.44. The van der Waals surface area contributed by atoms with Crippen LogP contribution in [-0.4, -0.2) is 60.4 Å². The highest BCUT2D eigenvalue weighted by Gasteiger charge is 2.31. The Balaban J connectivity index is 1.37. The van der Waals surface area contributed by atoms with E-state index in [4.69, 9.17) is 0 Å². The van der Waals surface area contributed by atoms with Gasteiger partial charge in [-0.05, 0) is 64.5 Å². The summed E-state index contributed by atoms with van der Waals surface area (Å²) in [6.45, 7) is 6.23. The molecule has 124 valence electrons. The molecule has 1 N–H and O–H groups in total. The van der Waals surface area contributed by atoms with Crippen LogP contribution >= 0.6 is 0 Å². The van der Waals surface area contributed by atoms with Crippen molar-refractivity contribution in [3.63, 3.8) is 0 Å². The lowest BCUT2D eigenvalue weighted by atomic mass is 9.95. The van der Waals surface area contributed by atoms with Crippen LogP contribution in [0, 0.1) is 11.8 Å². The standard InChI is InChI=1S/C17H29N3O2/c1-13(14-4-5-14)18-16(21)12-19-10-6-15(7-11-19)17(22)20-8-2-3-9-20/h13-15H,2-12H2,1H3,(H,18,21). The average Bonchev–Trinajstić information content (AvgIpc) is 3.22. The quantitative estimate of drug-likeness (QED) is 0.831. The number of likely N-dealkylation sites (tertiary alicyclic amines) is 2. The fourth-order valence-electron chi connectivity index (χ4n) is 3.75. The smallest absolute Gasteiger partial charge is 0.234 e. The van der Waals surface area contributed by atoms with Gasteiger partial charge in [0.25, 0.3) is 0 Å². The lowest BCUT2D eigenvalue weighted by Gasteiger charge is -2.32. The van der Waals surface area contributed by atoms with Crippen LogP contribution in [0.5, 0.6) is 0 Å². The van der Waals surface area contributed by atoms with E-state index in [-0.39, 0.29) is 11.8 Å². The largest absolute Gasteiger partial charge is 0.352 e. The van der Waals surface area contributed by atoms with Gasteiger partial charge >= 0.3 is 0 Å². The van der Waals surface area contributed by atoms with E-state index in [1.165, 1.54) is 12.8 Å². The monoisotopic (exact) mass is 307 g/mol. The Hall–Kier alpha value is -1.10. The minimum atomic E-state index is 0.142. The van der Waals surface area contributed by atoms with Crippen molar-refractivity contribution in [1.82, 2.24) is 15.1 Å². The van der Waals surface area contributed by atoms with Gasteiger partial charge in [-0.3, -0.25) is 14.5 Å². The fraction of sp³-hybridized carbons (Fsp3) is 0.882. The second-order valence-electron chi connectivity index (χ2n) is 7.28. The van der Waals surface area contributed by atoms with Crippen LogP contribution in [0.1, 0.15) is 45.4 Å². The predicted octanol–water partition coefficient (Wildman–Crippen LogP) is 1.24. The van der Waals surface area contributed by atoms with Crippen LogP contribution in [0.15, 0.2) is 0 Å². The Morgan fingerprint density at radius 1 is 1.05 bits per heavy atom. The summed E-state index contributed by atoms with van der Waals surface area (Å²) in [4.78, 5) is 28.7. The van der Waals surface area contributed by atoms with Gasteiger partial charge in [0.1, 0.15) is 0 Å². The van der Waals surface area contributed by atoms with E-state index < -0.39 is 0 Å². The van der Waals surface area contributed by atoms with Crippen molar-refractivity contribution in [1.29, 1.82) is 0 Å². The van der Waals surface area contributed by atoms with Crippen molar-refractivity contribution in [2.24, 2.45) is 11.8 Å². The van der Waals surface area contributed by atoms with E-state index in [1.54, 1.807) is 0 Å². The summed E-state index contributed by atoms with van der Waals surface area (Å²) in [5.41, 5.74) is 0. The molecule has 3 aliphatic rings. The summed E-state index contributed by atoms with van der Waals surface area (Å²) >= 11 is 0. The summed E-state index contributed by atoms with van der Waals surface area (Å²) in [5, 5.41) is 3.11. The van der Waals surface area contributed by atoms with Crippen molar-refractivity contribution in [3.05, 3.63) is 0 Å². The summed E-state index contributed by atoms with van der Waals surface area (Å²) in [7, 11) is 0. The maximum Gasteiger partial charge on any atom is 0.234 e. The van der Waals surface area contributed by atoms with Crippen LogP contribution in [0.2, 0.25) is 0 Å². The van der Waals surface area contributed by atoms with E-state index in [1.807, 2.05) is 4.90 Å². The number of hydrogen-bond donors (Lipinski definition) is 1. The molecule has 0 aromatic heterocycles. The van der Waals surface area contributed by atoms with E-state index >= 15 is 0 Å². The molecule has 1 atom stereocenters. The van der Waals surface area contributed by atoms with Crippen molar-refractivity contribution in [3.8, 4) is 0 Å². The maximum absolute atomic E-state index is 12.4. The lowest BCUT2D eigenvalue weighted by molar-refractivity contribution is -0.136. The molecule has 5 heteroatoms. The van der Waals surface area contributed by atoms with Gasteiger partial charge in [0.05, 0.1) is 6.54 Å². The Bertz CT molecular complexity index is 408. The molecule has 3 rings (SSSR count). The number of nitrogens with zero attached hydrogens (tertiary/aromatic N) is 2. The third kappa shape index (κ3) is 4.00. The van der Waals surface area contributed by atoms with E-state index in [9.17, 15) is 9.59 Å². The van der Waals surface area contributed by atoms with E-state index in [0.29, 0.717) is 24.4 Å². The topological polar surface area (TPSA) is 52.7 Å². The molecule has 2 heterocycles. The highest BCUT2D eigenvalue weighted by atomic mass is 16.2. The minimum Gasteiger partial charge on any atom is -0.352 e. The Morgan fingerprint density at radius 2 is 1.68 bits per heavy atom. The van der Waals surface area contributed by atoms with Crippen molar-refractivity contribution >= 4 is 11.8 Å². The molecule has 0 spiro atoms. The predicted molar refractivity (Wildman–Crippen MR) is 85.3 cm³/mol. The zero-order valence-corrected chi connectivity index (χ0v) is 13.7. The molecule has 5 nitrogen and oxygen atoms in total. The molecule has 0 aromatic carbocycles. The van der Waals surface area contributed by atoms with Crippen molar-refractivity contribution in [2.45, 2.75) is 51.5 Å². The normalized spacial score (nSPS) is 25.2. The molecular formula is C17H29N3O2. The average molecular weight is 307 g/mol. The molecule has 2 saturated heterocycles. The highest BCUT2D eigenvalue weighted by Crippen LogP contribution is 2.32. The third-order valence-corrected chi connectivity index (χ3v) is 5.44. The highest BCUT2D eigenvalue weighted by molar-refractivity contribution is 5.80. The molecular weight excluding hydrogens is 278 g/mol. The molecule has 0 bridgehead atoms. The van der Waals surface area contributed by atoms with Crippen LogP contribution in [0.3, 0.4) is 0 Å². The van der Waals surface area contributed by atoms with E-state index in [0.717, 1.165) is 51.9 Å². The first-order valence-corrected chi connectivity index (χ1v) is 8.94. The van der Waals surface area contributed by atoms with E-state index in [2.05, 4.69) is 17.1 Å². The van der Waals surface area contributed by atoms with Gasteiger partial charge in [-0.1, -0.05) is 0 Å². The Morgan fingerprint density at radius 3 is 2.27 bits per heavy atom. The zero-order valence-electron chi connectivity index (χ0n) is 13.7. The number of piperidine rings is 1. The van der Waals surface area contributed by atoms with Gasteiger partial charge in [0.2, 0.25) is 11.8 Å². The number of rotatable bonds is 5. The molecule has 2 amide bonds. The number of hydrogen-bond acceptors (Lipinski definition) is 3. The van der Waals surface area contributed by atoms with Crippen molar-refractivity contribution in [2.75, 3.05) is 32.7 Å². The first-order valence-electron chi connectivity index (χ1n) is 8.94. The van der Waals surface area contributed by atoms with Crippen LogP contribution < -0.4 is 5.32 Å². The van der Waals surface area contributed by atoms with Gasteiger partial charge in [-0.25, -0.2) is 0 Å². The molecule has 3 fully saturated rings. The number of carbonyl (C=O) groups excluding carboxylic acids is 2. The molecule has 2 aliphatic heterocycles. The van der Waals surface area contributed by atoms with Crippen LogP contribution in [0.25, 0.3) is 0 Å².